The number of likely N-dealkylation sites (N-methyl/N-ethyl adjacent to an activating group) is 1. The van der Waals surface area contributed by atoms with Crippen molar-refractivity contribution in [1.29, 1.82) is 0 Å². The zero-order valence-corrected chi connectivity index (χ0v) is 9.90. The molecule has 0 heterocycles. The van der Waals surface area contributed by atoms with Gasteiger partial charge in [0.15, 0.2) is 0 Å². The summed E-state index contributed by atoms with van der Waals surface area (Å²) in [5.74, 6) is 0.0192. The summed E-state index contributed by atoms with van der Waals surface area (Å²) >= 11 is 0. The Balaban J connectivity index is 2.92. The molecule has 4 nitrogen and oxygen atoms in total. The first-order valence-electron chi connectivity index (χ1n) is 5.23. The smallest absolute Gasteiger partial charge is 0.254 e. The molecule has 0 saturated carbocycles. The molecule has 0 bridgehead atoms. The molecule has 88 valence electrons. The van der Waals surface area contributed by atoms with Crippen LogP contribution in [0.2, 0.25) is 0 Å². The number of aromatic hydroxyl groups is 1. The Morgan fingerprint density at radius 2 is 2.19 bits per heavy atom. The Kier molecular flexibility index (Phi) is 3.90. The Morgan fingerprint density at radius 3 is 2.75 bits per heavy atom. The first kappa shape index (κ1) is 12.5. The predicted molar refractivity (Wildman–Crippen MR) is 63.5 cm³/mol. The van der Waals surface area contributed by atoms with Crippen LogP contribution in [0.3, 0.4) is 0 Å². The summed E-state index contributed by atoms with van der Waals surface area (Å²) in [5, 5.41) is 9.52. The number of nitrogens with two attached hydrogens (primary N) is 1. The van der Waals surface area contributed by atoms with Gasteiger partial charge in [0.2, 0.25) is 0 Å². The number of phenols is 1. The molecule has 1 aromatic carbocycles. The number of hydrogen-bond donors (Lipinski definition) is 2. The van der Waals surface area contributed by atoms with E-state index < -0.39 is 0 Å². The van der Waals surface area contributed by atoms with Gasteiger partial charge in [0.05, 0.1) is 0 Å². The van der Waals surface area contributed by atoms with E-state index in [4.69, 9.17) is 5.73 Å². The summed E-state index contributed by atoms with van der Waals surface area (Å²) in [7, 11) is 1.70. The Hall–Kier alpha value is -1.55. The third kappa shape index (κ3) is 2.73. The largest absolute Gasteiger partial charge is 0.508 e. The molecule has 1 atom stereocenters. The first-order chi connectivity index (χ1) is 7.43. The number of hydrogen-bond acceptors (Lipinski definition) is 3. The lowest BCUT2D eigenvalue weighted by Crippen LogP contribution is -2.37. The van der Waals surface area contributed by atoms with E-state index in [1.807, 2.05) is 6.92 Å². The highest BCUT2D eigenvalue weighted by Gasteiger charge is 2.16. The zero-order valence-electron chi connectivity index (χ0n) is 9.90. The first-order valence-corrected chi connectivity index (χ1v) is 5.23. The van der Waals surface area contributed by atoms with Gasteiger partial charge in [0.1, 0.15) is 5.75 Å². The fraction of sp³-hybridized carbons (Fsp3) is 0.417. The number of nitrogens with zero attached hydrogens (tertiary/aromatic N) is 1. The molecule has 0 aliphatic heterocycles. The lowest BCUT2D eigenvalue weighted by atomic mass is 10.1. The van der Waals surface area contributed by atoms with E-state index in [9.17, 15) is 9.90 Å². The van der Waals surface area contributed by atoms with Gasteiger partial charge >= 0.3 is 0 Å². The average molecular weight is 222 g/mol. The Morgan fingerprint density at radius 1 is 1.56 bits per heavy atom. The topological polar surface area (TPSA) is 66.6 Å². The van der Waals surface area contributed by atoms with E-state index in [0.29, 0.717) is 17.7 Å². The summed E-state index contributed by atoms with van der Waals surface area (Å²) in [6, 6.07) is 4.87. The van der Waals surface area contributed by atoms with Crippen LogP contribution in [0.4, 0.5) is 0 Å². The van der Waals surface area contributed by atoms with Crippen molar-refractivity contribution in [2.24, 2.45) is 5.73 Å². The zero-order chi connectivity index (χ0) is 12.3. The summed E-state index contributed by atoms with van der Waals surface area (Å²) in [6.45, 7) is 4.06. The van der Waals surface area contributed by atoms with Gasteiger partial charge in [0, 0.05) is 30.8 Å². The molecular formula is C12H18N2O2. The summed E-state index contributed by atoms with van der Waals surface area (Å²) in [5.41, 5.74) is 6.75. The van der Waals surface area contributed by atoms with E-state index in [0.717, 1.165) is 0 Å². The highest BCUT2D eigenvalue weighted by atomic mass is 16.3. The summed E-state index contributed by atoms with van der Waals surface area (Å²) < 4.78 is 0. The van der Waals surface area contributed by atoms with Crippen molar-refractivity contribution in [2.45, 2.75) is 19.9 Å². The fourth-order valence-electron chi connectivity index (χ4n) is 1.58. The highest BCUT2D eigenvalue weighted by Crippen LogP contribution is 2.20. The minimum atomic E-state index is -0.120. The molecule has 1 rings (SSSR count). The van der Waals surface area contributed by atoms with Crippen LogP contribution < -0.4 is 5.73 Å². The van der Waals surface area contributed by atoms with Gasteiger partial charge in [-0.1, -0.05) is 6.07 Å². The maximum atomic E-state index is 12.0. The normalized spacial score (nSPS) is 12.2. The van der Waals surface area contributed by atoms with Gasteiger partial charge in [-0.05, 0) is 26.0 Å². The lowest BCUT2D eigenvalue weighted by molar-refractivity contribution is 0.0787. The van der Waals surface area contributed by atoms with E-state index in [1.165, 1.54) is 0 Å². The van der Waals surface area contributed by atoms with Crippen LogP contribution >= 0.6 is 0 Å². The van der Waals surface area contributed by atoms with Gasteiger partial charge in [-0.25, -0.2) is 0 Å². The number of carbonyl (C=O) groups excluding carboxylic acids is 1. The molecule has 0 spiro atoms. The maximum Gasteiger partial charge on any atom is 0.254 e. The molecule has 0 fully saturated rings. The van der Waals surface area contributed by atoms with E-state index in [2.05, 4.69) is 0 Å². The average Bonchev–Trinajstić information content (AvgIpc) is 2.20. The van der Waals surface area contributed by atoms with Crippen molar-refractivity contribution in [2.75, 3.05) is 13.6 Å². The van der Waals surface area contributed by atoms with Crippen LogP contribution in [0.25, 0.3) is 0 Å². The highest BCUT2D eigenvalue weighted by molar-refractivity contribution is 5.96. The monoisotopic (exact) mass is 222 g/mol. The number of benzene rings is 1. The van der Waals surface area contributed by atoms with Crippen molar-refractivity contribution in [3.63, 3.8) is 0 Å². The van der Waals surface area contributed by atoms with E-state index in [1.54, 1.807) is 37.1 Å². The number of rotatable bonds is 3. The van der Waals surface area contributed by atoms with Gasteiger partial charge in [-0.2, -0.15) is 0 Å². The number of amides is 1. The molecule has 1 aromatic rings. The third-order valence-electron chi connectivity index (χ3n) is 2.44. The van der Waals surface area contributed by atoms with Crippen molar-refractivity contribution in [3.05, 3.63) is 29.3 Å². The third-order valence-corrected chi connectivity index (χ3v) is 2.44. The molecule has 3 N–H and O–H groups in total. The summed E-state index contributed by atoms with van der Waals surface area (Å²) in [4.78, 5) is 13.6. The van der Waals surface area contributed by atoms with Crippen LogP contribution in [-0.2, 0) is 0 Å². The van der Waals surface area contributed by atoms with E-state index in [-0.39, 0.29) is 17.7 Å². The predicted octanol–water partition coefficient (Wildman–Crippen LogP) is 1.12. The Labute approximate surface area is 95.7 Å². The van der Waals surface area contributed by atoms with Crippen LogP contribution in [0.15, 0.2) is 18.2 Å². The molecule has 0 aliphatic carbocycles. The summed E-state index contributed by atoms with van der Waals surface area (Å²) in [6.07, 6.45) is 0. The van der Waals surface area contributed by atoms with Crippen molar-refractivity contribution in [1.82, 2.24) is 4.90 Å². The molecule has 1 unspecified atom stereocenters. The second-order valence-electron chi connectivity index (χ2n) is 4.11. The second kappa shape index (κ2) is 4.99. The van der Waals surface area contributed by atoms with Crippen LogP contribution in [0, 0.1) is 6.92 Å². The standard InChI is InChI=1S/C12H18N2O2/c1-8(13)7-14(3)12(16)10-5-4-6-11(15)9(10)2/h4-6,8,15H,7,13H2,1-3H3. The molecule has 0 aromatic heterocycles. The molecule has 0 radical (unpaired) electrons. The van der Waals surface area contributed by atoms with Gasteiger partial charge in [-0.15, -0.1) is 0 Å². The molecule has 0 aliphatic rings. The molecule has 16 heavy (non-hydrogen) atoms. The van der Waals surface area contributed by atoms with Crippen molar-refractivity contribution < 1.29 is 9.90 Å². The molecular weight excluding hydrogens is 204 g/mol. The quantitative estimate of drug-likeness (QED) is 0.805. The fourth-order valence-corrected chi connectivity index (χ4v) is 1.58. The number of carbonyl (C=O) groups is 1. The van der Waals surface area contributed by atoms with Crippen LogP contribution in [0.1, 0.15) is 22.8 Å². The molecule has 0 saturated heterocycles. The van der Waals surface area contributed by atoms with Crippen LogP contribution in [-0.4, -0.2) is 35.5 Å². The van der Waals surface area contributed by atoms with E-state index >= 15 is 0 Å². The number of phenolic OH excluding ortho intramolecular Hbond substituents is 1. The van der Waals surface area contributed by atoms with Crippen LogP contribution in [0.5, 0.6) is 5.75 Å². The minimum Gasteiger partial charge on any atom is -0.508 e. The van der Waals surface area contributed by atoms with Crippen molar-refractivity contribution in [3.8, 4) is 5.75 Å². The maximum absolute atomic E-state index is 12.0. The van der Waals surface area contributed by atoms with Crippen molar-refractivity contribution >= 4 is 5.91 Å². The Bertz CT molecular complexity index is 389. The molecule has 1 amide bonds. The second-order valence-corrected chi connectivity index (χ2v) is 4.11. The minimum absolute atomic E-state index is 0.0634. The van der Waals surface area contributed by atoms with Gasteiger partial charge < -0.3 is 15.7 Å². The van der Waals surface area contributed by atoms with Gasteiger partial charge in [-0.3, -0.25) is 4.79 Å². The lowest BCUT2D eigenvalue weighted by Gasteiger charge is -2.20. The molecule has 4 heteroatoms. The van der Waals surface area contributed by atoms with Gasteiger partial charge in [0.25, 0.3) is 5.91 Å². The SMILES string of the molecule is Cc1c(O)cccc1C(=O)N(C)CC(C)N.